The number of pyridine rings is 1. The number of carbonyl (C=O) groups is 2. The van der Waals surface area contributed by atoms with Gasteiger partial charge in [-0.25, -0.2) is 12.8 Å². The number of nitrogens with one attached hydrogen (secondary N) is 1. The van der Waals surface area contributed by atoms with Crippen LogP contribution in [0.25, 0.3) is 0 Å². The highest BCUT2D eigenvalue weighted by atomic mass is 32.2. The van der Waals surface area contributed by atoms with Gasteiger partial charge in [-0.15, -0.1) is 0 Å². The van der Waals surface area contributed by atoms with E-state index >= 15 is 0 Å². The Kier molecular flexibility index (Phi) is 7.23. The largest absolute Gasteiger partial charge is 0.451 e. The van der Waals surface area contributed by atoms with Gasteiger partial charge in [0.05, 0.1) is 12.8 Å². The minimum absolute atomic E-state index is 0.0117. The number of fused-ring (bicyclic) bond motifs is 2. The second kappa shape index (κ2) is 10.6. The first-order valence-electron chi connectivity index (χ1n) is 12.4. The normalized spacial score (nSPS) is 17.6. The Hall–Kier alpha value is -4.03. The van der Waals surface area contributed by atoms with Crippen molar-refractivity contribution in [1.29, 1.82) is 0 Å². The predicted molar refractivity (Wildman–Crippen MR) is 140 cm³/mol. The number of para-hydroxylation sites is 1. The molecule has 5 rings (SSSR count). The Morgan fingerprint density at radius 3 is 2.44 bits per heavy atom. The van der Waals surface area contributed by atoms with E-state index in [0.29, 0.717) is 30.7 Å². The third-order valence-electron chi connectivity index (χ3n) is 6.78. The van der Waals surface area contributed by atoms with Crippen molar-refractivity contribution >= 4 is 21.8 Å². The molecule has 0 radical (unpaired) electrons. The van der Waals surface area contributed by atoms with E-state index in [9.17, 15) is 27.2 Å². The van der Waals surface area contributed by atoms with Gasteiger partial charge in [-0.2, -0.15) is 4.31 Å². The molecule has 1 saturated heterocycles. The van der Waals surface area contributed by atoms with Gasteiger partial charge in [0, 0.05) is 25.8 Å². The lowest BCUT2D eigenvalue weighted by Gasteiger charge is -2.41. The molecule has 1 N–H and O–H groups in total. The zero-order valence-electron chi connectivity index (χ0n) is 21.2. The third kappa shape index (κ3) is 5.43. The average Bonchev–Trinajstić information content (AvgIpc) is 3.13. The Labute approximate surface area is 224 Å². The molecule has 39 heavy (non-hydrogen) atoms. The van der Waals surface area contributed by atoms with E-state index in [2.05, 4.69) is 5.32 Å². The van der Waals surface area contributed by atoms with E-state index in [4.69, 9.17) is 4.74 Å². The van der Waals surface area contributed by atoms with Gasteiger partial charge in [0.2, 0.25) is 21.2 Å². The molecule has 1 unspecified atom stereocenters. The van der Waals surface area contributed by atoms with Crippen LogP contribution in [0.2, 0.25) is 0 Å². The maximum Gasteiger partial charge on any atom is 0.275 e. The topological polar surface area (TPSA) is 118 Å². The molecule has 1 fully saturated rings. The molecule has 1 atom stereocenters. The molecule has 204 valence electrons. The number of amides is 2. The first kappa shape index (κ1) is 26.6. The molecular weight excluding hydrogens is 527 g/mol. The fraction of sp³-hybridized carbons (Fsp3) is 0.296. The number of aromatic nitrogens is 1. The number of hydrogen-bond acceptors (Lipinski definition) is 6. The minimum Gasteiger partial charge on any atom is -0.451 e. The van der Waals surface area contributed by atoms with Crippen molar-refractivity contribution < 1.29 is 27.1 Å². The van der Waals surface area contributed by atoms with Crippen LogP contribution < -0.4 is 15.5 Å². The maximum atomic E-state index is 13.8. The molecule has 3 heterocycles. The average molecular weight is 555 g/mol. The molecule has 1 aromatic heterocycles. The summed E-state index contributed by atoms with van der Waals surface area (Å²) in [5.74, 6) is -1.70. The molecule has 2 aromatic carbocycles. The number of rotatable bonds is 6. The summed E-state index contributed by atoms with van der Waals surface area (Å²) in [5.41, 5.74) is -0.474. The molecule has 12 heteroatoms. The van der Waals surface area contributed by atoms with Gasteiger partial charge in [-0.1, -0.05) is 30.3 Å². The number of halogens is 1. The van der Waals surface area contributed by atoms with Crippen LogP contribution in [0.1, 0.15) is 39.3 Å². The van der Waals surface area contributed by atoms with Gasteiger partial charge < -0.3 is 19.5 Å². The van der Waals surface area contributed by atoms with Crippen LogP contribution in [0.5, 0.6) is 11.5 Å². The predicted octanol–water partition coefficient (Wildman–Crippen LogP) is 2.55. The van der Waals surface area contributed by atoms with Crippen molar-refractivity contribution in [3.63, 3.8) is 0 Å². The molecule has 2 amide bonds. The Balaban J connectivity index is 1.58. The van der Waals surface area contributed by atoms with Crippen molar-refractivity contribution in [3.05, 3.63) is 93.7 Å². The van der Waals surface area contributed by atoms with E-state index < -0.39 is 39.2 Å². The van der Waals surface area contributed by atoms with Crippen LogP contribution in [0.3, 0.4) is 0 Å². The third-order valence-corrected chi connectivity index (χ3v) is 8.06. The molecule has 0 saturated carbocycles. The molecule has 0 aliphatic carbocycles. The molecule has 3 aromatic rings. The zero-order valence-corrected chi connectivity index (χ0v) is 22.0. The minimum atomic E-state index is -3.65. The summed E-state index contributed by atoms with van der Waals surface area (Å²) < 4.78 is 47.1. The first-order valence-corrected chi connectivity index (χ1v) is 14.3. The number of hydrogen-bond donors (Lipinski definition) is 1. The summed E-state index contributed by atoms with van der Waals surface area (Å²) >= 11 is 0. The zero-order chi connectivity index (χ0) is 27.7. The van der Waals surface area contributed by atoms with E-state index in [1.165, 1.54) is 44.2 Å². The quantitative estimate of drug-likeness (QED) is 0.501. The Morgan fingerprint density at radius 2 is 1.74 bits per heavy atom. The molecule has 10 nitrogen and oxygen atoms in total. The van der Waals surface area contributed by atoms with Gasteiger partial charge in [0.15, 0.2) is 5.69 Å². The Bertz CT molecular complexity index is 1570. The van der Waals surface area contributed by atoms with Crippen LogP contribution in [0, 0.1) is 5.82 Å². The highest BCUT2D eigenvalue weighted by molar-refractivity contribution is 7.88. The fourth-order valence-electron chi connectivity index (χ4n) is 4.87. The van der Waals surface area contributed by atoms with Gasteiger partial charge in [-0.05, 0) is 42.7 Å². The monoisotopic (exact) mass is 554 g/mol. The molecule has 2 aliphatic rings. The number of ether oxygens (including phenoxy) is 1. The summed E-state index contributed by atoms with van der Waals surface area (Å²) in [4.78, 5) is 42.0. The SMILES string of the molecule is CS(=O)(=O)N1CCCCN2C(=O)c3c(Oc4ccccc4)c(=O)c(C(=O)NCc4ccc(F)cc4)cn3CC21. The van der Waals surface area contributed by atoms with Crippen molar-refractivity contribution in [2.75, 3.05) is 19.3 Å². The van der Waals surface area contributed by atoms with E-state index in [-0.39, 0.29) is 36.6 Å². The van der Waals surface area contributed by atoms with Crippen LogP contribution >= 0.6 is 0 Å². The van der Waals surface area contributed by atoms with Crippen LogP contribution in [-0.4, -0.2) is 59.5 Å². The molecule has 0 spiro atoms. The fourth-order valence-corrected chi connectivity index (χ4v) is 5.96. The smallest absolute Gasteiger partial charge is 0.275 e. The van der Waals surface area contributed by atoms with Crippen molar-refractivity contribution in [2.45, 2.75) is 32.1 Å². The summed E-state index contributed by atoms with van der Waals surface area (Å²) in [6, 6.07) is 14.0. The summed E-state index contributed by atoms with van der Waals surface area (Å²) in [7, 11) is -3.65. The van der Waals surface area contributed by atoms with Crippen molar-refractivity contribution in [1.82, 2.24) is 19.1 Å². The standard InChI is InChI=1S/C27H27FN4O6S/c1-39(36,37)32-14-6-5-13-31-22(32)17-30-16-21(26(34)29-15-18-9-11-19(28)12-10-18)24(33)25(23(30)27(31)35)38-20-7-3-2-4-8-20/h2-4,7-12,16,22H,5-6,13-15,17H2,1H3,(H,29,34). The Morgan fingerprint density at radius 1 is 1.05 bits per heavy atom. The van der Waals surface area contributed by atoms with Gasteiger partial charge in [0.25, 0.3) is 11.8 Å². The van der Waals surface area contributed by atoms with E-state index in [0.717, 1.165) is 6.26 Å². The highest BCUT2D eigenvalue weighted by Gasteiger charge is 2.43. The number of carbonyl (C=O) groups excluding carboxylic acids is 2. The van der Waals surface area contributed by atoms with Gasteiger partial charge in [-0.3, -0.25) is 14.4 Å². The molecule has 2 aliphatic heterocycles. The first-order chi connectivity index (χ1) is 18.6. The second-order valence-electron chi connectivity index (χ2n) is 9.49. The van der Waals surface area contributed by atoms with Crippen molar-refractivity contribution in [3.8, 4) is 11.5 Å². The van der Waals surface area contributed by atoms with Crippen LogP contribution in [0.4, 0.5) is 4.39 Å². The summed E-state index contributed by atoms with van der Waals surface area (Å²) in [6.07, 6.45) is 2.73. The lowest BCUT2D eigenvalue weighted by atomic mass is 10.1. The maximum absolute atomic E-state index is 13.8. The highest BCUT2D eigenvalue weighted by Crippen LogP contribution is 2.31. The number of benzene rings is 2. The van der Waals surface area contributed by atoms with Gasteiger partial charge in [0.1, 0.15) is 23.3 Å². The lowest BCUT2D eigenvalue weighted by Crippen LogP contribution is -2.57. The van der Waals surface area contributed by atoms with Crippen LogP contribution in [-0.2, 0) is 23.1 Å². The lowest BCUT2D eigenvalue weighted by molar-refractivity contribution is 0.0432. The van der Waals surface area contributed by atoms with Crippen LogP contribution in [0.15, 0.2) is 65.6 Å². The number of nitrogens with zero attached hydrogens (tertiary/aromatic N) is 3. The number of sulfonamides is 1. The summed E-state index contributed by atoms with van der Waals surface area (Å²) in [6.45, 7) is 0.611. The van der Waals surface area contributed by atoms with E-state index in [1.54, 1.807) is 30.3 Å². The molecule has 0 bridgehead atoms. The second-order valence-corrected chi connectivity index (χ2v) is 11.4. The van der Waals surface area contributed by atoms with E-state index in [1.807, 2.05) is 0 Å². The molecular formula is C27H27FN4O6S. The summed E-state index contributed by atoms with van der Waals surface area (Å²) in [5, 5.41) is 2.65. The van der Waals surface area contributed by atoms with Crippen molar-refractivity contribution in [2.24, 2.45) is 0 Å². The van der Waals surface area contributed by atoms with Gasteiger partial charge >= 0.3 is 0 Å².